The van der Waals surface area contributed by atoms with Gasteiger partial charge in [0, 0.05) is 23.2 Å². The number of fused-ring (bicyclic) bond motifs is 1. The second-order valence-electron chi connectivity index (χ2n) is 7.53. The molecule has 5 aromatic rings. The first kappa shape index (κ1) is 19.4. The Morgan fingerprint density at radius 2 is 1.81 bits per heavy atom. The number of hydrogen-bond donors (Lipinski definition) is 1. The molecule has 31 heavy (non-hydrogen) atoms. The molecule has 3 heterocycles. The number of aromatic hydroxyl groups is 1. The molecule has 3 aromatic heterocycles. The summed E-state index contributed by atoms with van der Waals surface area (Å²) in [7, 11) is 0. The van der Waals surface area contributed by atoms with Crippen molar-refractivity contribution in [2.24, 2.45) is 0 Å². The fraction of sp³-hybridized carbons (Fsp3) is 0.120. The molecule has 6 heteroatoms. The van der Waals surface area contributed by atoms with Gasteiger partial charge in [-0.3, -0.25) is 4.40 Å². The topological polar surface area (TPSA) is 63.6 Å². The van der Waals surface area contributed by atoms with Gasteiger partial charge in [0.1, 0.15) is 11.5 Å². The van der Waals surface area contributed by atoms with E-state index in [9.17, 15) is 5.11 Å². The second kappa shape index (κ2) is 7.93. The smallest absolute Gasteiger partial charge is 0.219 e. The van der Waals surface area contributed by atoms with Crippen LogP contribution >= 0.6 is 11.6 Å². The van der Waals surface area contributed by atoms with E-state index in [4.69, 9.17) is 26.0 Å². The molecule has 0 saturated carbocycles. The molecule has 1 N–H and O–H groups in total. The number of imidazole rings is 1. The van der Waals surface area contributed by atoms with E-state index in [1.165, 1.54) is 0 Å². The van der Waals surface area contributed by atoms with E-state index in [2.05, 4.69) is 12.1 Å². The van der Waals surface area contributed by atoms with Crippen molar-refractivity contribution in [3.8, 4) is 17.1 Å². The largest absolute Gasteiger partial charge is 0.493 e. The van der Waals surface area contributed by atoms with Crippen molar-refractivity contribution in [2.75, 3.05) is 0 Å². The highest BCUT2D eigenvalue weighted by atomic mass is 35.5. The van der Waals surface area contributed by atoms with Crippen molar-refractivity contribution < 1.29 is 9.52 Å². The Balaban J connectivity index is 1.67. The molecule has 5 nitrogen and oxygen atoms in total. The third-order valence-electron chi connectivity index (χ3n) is 5.31. The SMILES string of the molecule is Cc1cc(-c2cn3c(O)c(Cc4ccco4)nc3c(Cc3ccccc3)n2)ccc1Cl. The normalized spacial score (nSPS) is 11.3. The van der Waals surface area contributed by atoms with Gasteiger partial charge < -0.3 is 9.52 Å². The molecule has 0 unspecified atom stereocenters. The monoisotopic (exact) mass is 429 g/mol. The predicted octanol–water partition coefficient (Wildman–Crippen LogP) is 5.84. The first-order valence-corrected chi connectivity index (χ1v) is 10.4. The summed E-state index contributed by atoms with van der Waals surface area (Å²) in [4.78, 5) is 9.65. The Morgan fingerprint density at radius 1 is 0.968 bits per heavy atom. The van der Waals surface area contributed by atoms with Crippen LogP contribution in [0.15, 0.2) is 77.5 Å². The quantitative estimate of drug-likeness (QED) is 0.381. The van der Waals surface area contributed by atoms with E-state index in [0.717, 1.165) is 33.8 Å². The molecule has 0 aliphatic rings. The van der Waals surface area contributed by atoms with Gasteiger partial charge in [-0.1, -0.05) is 48.0 Å². The highest BCUT2D eigenvalue weighted by molar-refractivity contribution is 6.31. The van der Waals surface area contributed by atoms with E-state index in [0.29, 0.717) is 29.2 Å². The molecular weight excluding hydrogens is 410 g/mol. The van der Waals surface area contributed by atoms with Crippen LogP contribution in [-0.4, -0.2) is 19.5 Å². The van der Waals surface area contributed by atoms with Crippen molar-refractivity contribution in [3.63, 3.8) is 0 Å². The van der Waals surface area contributed by atoms with Crippen LogP contribution in [0.3, 0.4) is 0 Å². The summed E-state index contributed by atoms with van der Waals surface area (Å²) < 4.78 is 7.15. The van der Waals surface area contributed by atoms with E-state index in [1.54, 1.807) is 10.7 Å². The fourth-order valence-corrected chi connectivity index (χ4v) is 3.81. The maximum atomic E-state index is 11.0. The van der Waals surface area contributed by atoms with Crippen LogP contribution in [0.5, 0.6) is 5.88 Å². The molecule has 0 radical (unpaired) electrons. The lowest BCUT2D eigenvalue weighted by molar-refractivity contribution is 0.438. The van der Waals surface area contributed by atoms with Gasteiger partial charge in [-0.05, 0) is 42.3 Å². The Kier molecular flexibility index (Phi) is 4.96. The summed E-state index contributed by atoms with van der Waals surface area (Å²) >= 11 is 6.21. The Labute approximate surface area is 184 Å². The van der Waals surface area contributed by atoms with Gasteiger partial charge in [0.15, 0.2) is 5.65 Å². The number of furan rings is 1. The summed E-state index contributed by atoms with van der Waals surface area (Å²) in [5.74, 6) is 0.833. The van der Waals surface area contributed by atoms with Gasteiger partial charge in [-0.15, -0.1) is 0 Å². The number of rotatable bonds is 5. The highest BCUT2D eigenvalue weighted by Gasteiger charge is 2.18. The maximum Gasteiger partial charge on any atom is 0.219 e. The number of aromatic nitrogens is 3. The molecule has 0 bridgehead atoms. The average molecular weight is 430 g/mol. The standard InChI is InChI=1S/C25H20ClN3O2/c1-16-12-18(9-10-20(16)26)23-15-29-24(21(27-23)13-17-6-3-2-4-7-17)28-22(25(29)30)14-19-8-5-11-31-19/h2-12,15,30H,13-14H2,1H3. The number of halogens is 1. The average Bonchev–Trinajstić information content (AvgIpc) is 3.40. The van der Waals surface area contributed by atoms with Crippen molar-refractivity contribution >= 4 is 17.2 Å². The minimum Gasteiger partial charge on any atom is -0.493 e. The van der Waals surface area contributed by atoms with E-state index < -0.39 is 0 Å². The molecule has 0 saturated heterocycles. The third-order valence-corrected chi connectivity index (χ3v) is 5.73. The number of hydrogen-bond acceptors (Lipinski definition) is 4. The Morgan fingerprint density at radius 3 is 2.55 bits per heavy atom. The number of benzene rings is 2. The molecule has 0 aliphatic carbocycles. The second-order valence-corrected chi connectivity index (χ2v) is 7.94. The molecule has 0 atom stereocenters. The molecule has 154 valence electrons. The molecule has 0 aliphatic heterocycles. The van der Waals surface area contributed by atoms with Gasteiger partial charge in [-0.25, -0.2) is 9.97 Å². The lowest BCUT2D eigenvalue weighted by Gasteiger charge is -2.09. The highest BCUT2D eigenvalue weighted by Crippen LogP contribution is 2.29. The Bertz CT molecular complexity index is 1360. The maximum absolute atomic E-state index is 11.0. The number of nitrogens with zero attached hydrogens (tertiary/aromatic N) is 3. The third kappa shape index (κ3) is 3.80. The summed E-state index contributed by atoms with van der Waals surface area (Å²) in [5, 5.41) is 11.7. The lowest BCUT2D eigenvalue weighted by Crippen LogP contribution is -2.01. The van der Waals surface area contributed by atoms with Crippen LogP contribution in [0, 0.1) is 6.92 Å². The predicted molar refractivity (Wildman–Crippen MR) is 121 cm³/mol. The van der Waals surface area contributed by atoms with Gasteiger partial charge >= 0.3 is 0 Å². The lowest BCUT2D eigenvalue weighted by atomic mass is 10.1. The van der Waals surface area contributed by atoms with Crippen LogP contribution in [0.25, 0.3) is 16.9 Å². The van der Waals surface area contributed by atoms with Crippen molar-refractivity contribution in [3.05, 3.63) is 106 Å². The van der Waals surface area contributed by atoms with E-state index in [-0.39, 0.29) is 5.88 Å². The zero-order chi connectivity index (χ0) is 21.4. The van der Waals surface area contributed by atoms with Crippen LogP contribution in [0.4, 0.5) is 0 Å². The molecule has 0 fully saturated rings. The van der Waals surface area contributed by atoms with Gasteiger partial charge in [-0.2, -0.15) is 0 Å². The molecule has 0 amide bonds. The minimum absolute atomic E-state index is 0.0926. The van der Waals surface area contributed by atoms with Crippen molar-refractivity contribution in [1.29, 1.82) is 0 Å². The fourth-order valence-electron chi connectivity index (χ4n) is 3.69. The molecular formula is C25H20ClN3O2. The minimum atomic E-state index is 0.0926. The van der Waals surface area contributed by atoms with Crippen LogP contribution in [-0.2, 0) is 12.8 Å². The van der Waals surface area contributed by atoms with Gasteiger partial charge in [0.05, 0.1) is 24.1 Å². The first-order valence-electron chi connectivity index (χ1n) is 10.0. The van der Waals surface area contributed by atoms with Gasteiger partial charge in [0.25, 0.3) is 0 Å². The van der Waals surface area contributed by atoms with Crippen molar-refractivity contribution in [1.82, 2.24) is 14.4 Å². The summed E-state index contributed by atoms with van der Waals surface area (Å²) in [6.45, 7) is 1.96. The van der Waals surface area contributed by atoms with E-state index >= 15 is 0 Å². The van der Waals surface area contributed by atoms with Crippen LogP contribution in [0.1, 0.15) is 28.3 Å². The molecule has 2 aromatic carbocycles. The zero-order valence-electron chi connectivity index (χ0n) is 16.9. The van der Waals surface area contributed by atoms with Crippen LogP contribution < -0.4 is 0 Å². The summed E-state index contributed by atoms with van der Waals surface area (Å²) in [6.07, 6.45) is 4.44. The zero-order valence-corrected chi connectivity index (χ0v) is 17.7. The summed E-state index contributed by atoms with van der Waals surface area (Å²) in [6, 6.07) is 19.6. The molecule has 0 spiro atoms. The van der Waals surface area contributed by atoms with Gasteiger partial charge in [0.2, 0.25) is 5.88 Å². The van der Waals surface area contributed by atoms with E-state index in [1.807, 2.05) is 61.7 Å². The number of aryl methyl sites for hydroxylation is 1. The summed E-state index contributed by atoms with van der Waals surface area (Å²) in [5.41, 5.74) is 5.75. The van der Waals surface area contributed by atoms with Crippen LogP contribution in [0.2, 0.25) is 5.02 Å². The van der Waals surface area contributed by atoms with Crippen molar-refractivity contribution in [2.45, 2.75) is 19.8 Å². The first-order chi connectivity index (χ1) is 15.1. The Hall–Kier alpha value is -3.57. The molecule has 5 rings (SSSR count).